The molecule has 4 rings (SSSR count). The van der Waals surface area contributed by atoms with Gasteiger partial charge in [-0.15, -0.1) is 11.3 Å². The third-order valence-corrected chi connectivity index (χ3v) is 5.65. The fourth-order valence-electron chi connectivity index (χ4n) is 3.23. The topological polar surface area (TPSA) is 49.6 Å². The highest BCUT2D eigenvalue weighted by atomic mass is 32.1. The average molecular weight is 355 g/mol. The molecule has 0 saturated carbocycles. The van der Waals surface area contributed by atoms with E-state index >= 15 is 0 Å². The van der Waals surface area contributed by atoms with Crippen LogP contribution in [0.3, 0.4) is 0 Å². The molecule has 0 radical (unpaired) electrons. The maximum Gasteiger partial charge on any atom is 0.346 e. The van der Waals surface area contributed by atoms with Crippen molar-refractivity contribution >= 4 is 28.0 Å². The average Bonchev–Trinajstić information content (AvgIpc) is 2.90. The van der Waals surface area contributed by atoms with Crippen molar-refractivity contribution in [3.05, 3.63) is 45.8 Å². The van der Waals surface area contributed by atoms with E-state index in [4.69, 9.17) is 4.42 Å². The second kappa shape index (κ2) is 6.61. The van der Waals surface area contributed by atoms with Gasteiger partial charge in [0.15, 0.2) is 0 Å². The van der Waals surface area contributed by atoms with Crippen LogP contribution < -0.4 is 10.5 Å². The van der Waals surface area contributed by atoms with Gasteiger partial charge in [0.1, 0.15) is 10.6 Å². The molecule has 5 nitrogen and oxygen atoms in total. The first-order valence-electron chi connectivity index (χ1n) is 8.54. The number of thiazole rings is 1. The van der Waals surface area contributed by atoms with Gasteiger partial charge in [-0.25, -0.2) is 9.78 Å². The summed E-state index contributed by atoms with van der Waals surface area (Å²) >= 11 is 1.47. The van der Waals surface area contributed by atoms with Crippen LogP contribution in [-0.2, 0) is 0 Å². The van der Waals surface area contributed by atoms with E-state index in [0.29, 0.717) is 16.2 Å². The molecule has 1 aliphatic heterocycles. The van der Waals surface area contributed by atoms with Crippen LogP contribution in [0.25, 0.3) is 21.5 Å². The molecule has 2 aromatic heterocycles. The van der Waals surface area contributed by atoms with E-state index in [9.17, 15) is 4.79 Å². The molecule has 3 heterocycles. The van der Waals surface area contributed by atoms with Crippen molar-refractivity contribution in [2.75, 3.05) is 38.1 Å². The Kier molecular flexibility index (Phi) is 4.31. The third-order valence-electron chi connectivity index (χ3n) is 4.65. The standard InChI is InChI=1S/C19H21N3O2S/c1-13-12-25-18(20-13)16-10-14-4-5-15(11-17(14)24-19(16)23)22-7-3-6-21(2)8-9-22/h4-5,10-12H,3,6-9H2,1-2H3. The van der Waals surface area contributed by atoms with Crippen molar-refractivity contribution in [2.45, 2.75) is 13.3 Å². The summed E-state index contributed by atoms with van der Waals surface area (Å²) < 4.78 is 5.61. The van der Waals surface area contributed by atoms with Crippen molar-refractivity contribution in [3.63, 3.8) is 0 Å². The van der Waals surface area contributed by atoms with Crippen molar-refractivity contribution in [1.29, 1.82) is 0 Å². The van der Waals surface area contributed by atoms with Crippen molar-refractivity contribution in [1.82, 2.24) is 9.88 Å². The Bertz CT molecular complexity index is 963. The number of nitrogens with zero attached hydrogens (tertiary/aromatic N) is 3. The van der Waals surface area contributed by atoms with E-state index in [0.717, 1.165) is 49.4 Å². The van der Waals surface area contributed by atoms with Gasteiger partial charge in [-0.05, 0) is 45.1 Å². The molecule has 3 aromatic rings. The molecule has 0 N–H and O–H groups in total. The first-order chi connectivity index (χ1) is 12.1. The Morgan fingerprint density at radius 1 is 1.16 bits per heavy atom. The number of rotatable bonds is 2. The zero-order valence-electron chi connectivity index (χ0n) is 14.5. The number of hydrogen-bond acceptors (Lipinski definition) is 6. The van der Waals surface area contributed by atoms with E-state index in [1.165, 1.54) is 11.3 Å². The lowest BCUT2D eigenvalue weighted by atomic mass is 10.1. The van der Waals surface area contributed by atoms with Gasteiger partial charge < -0.3 is 14.2 Å². The molecule has 0 bridgehead atoms. The summed E-state index contributed by atoms with van der Waals surface area (Å²) in [6.07, 6.45) is 1.14. The van der Waals surface area contributed by atoms with Crippen molar-refractivity contribution < 1.29 is 4.42 Å². The lowest BCUT2D eigenvalue weighted by Crippen LogP contribution is -2.28. The molecular formula is C19H21N3O2S. The zero-order valence-corrected chi connectivity index (χ0v) is 15.3. The van der Waals surface area contributed by atoms with E-state index in [-0.39, 0.29) is 5.63 Å². The Hall–Kier alpha value is -2.18. The Morgan fingerprint density at radius 3 is 2.84 bits per heavy atom. The summed E-state index contributed by atoms with van der Waals surface area (Å²) in [5, 5.41) is 3.59. The van der Waals surface area contributed by atoms with Gasteiger partial charge in [-0.3, -0.25) is 0 Å². The summed E-state index contributed by atoms with van der Waals surface area (Å²) in [6, 6.07) is 8.02. The number of aromatic nitrogens is 1. The molecule has 1 fully saturated rings. The van der Waals surface area contributed by atoms with Crippen LogP contribution in [0.4, 0.5) is 5.69 Å². The highest BCUT2D eigenvalue weighted by Gasteiger charge is 2.15. The van der Waals surface area contributed by atoms with Crippen molar-refractivity contribution in [3.8, 4) is 10.6 Å². The maximum absolute atomic E-state index is 12.4. The molecule has 6 heteroatoms. The van der Waals surface area contributed by atoms with Crippen molar-refractivity contribution in [2.24, 2.45) is 0 Å². The Balaban J connectivity index is 1.71. The summed E-state index contributed by atoms with van der Waals surface area (Å²) in [7, 11) is 2.16. The molecule has 0 spiro atoms. The highest BCUT2D eigenvalue weighted by Crippen LogP contribution is 2.27. The highest BCUT2D eigenvalue weighted by molar-refractivity contribution is 7.13. The van der Waals surface area contributed by atoms with Crippen LogP contribution in [0.1, 0.15) is 12.1 Å². The summed E-state index contributed by atoms with van der Waals surface area (Å²) in [5.41, 5.74) is 2.88. The fraction of sp³-hybridized carbons (Fsp3) is 0.368. The summed E-state index contributed by atoms with van der Waals surface area (Å²) in [4.78, 5) is 21.5. The normalized spacial score (nSPS) is 16.3. The van der Waals surface area contributed by atoms with Gasteiger partial charge in [0, 0.05) is 47.8 Å². The van der Waals surface area contributed by atoms with Gasteiger partial charge in [-0.1, -0.05) is 0 Å². The number of anilines is 1. The van der Waals surface area contributed by atoms with Crippen LogP contribution in [0.2, 0.25) is 0 Å². The molecule has 1 aromatic carbocycles. The second-order valence-corrected chi connectivity index (χ2v) is 7.47. The molecule has 0 aliphatic carbocycles. The molecule has 130 valence electrons. The SMILES string of the molecule is Cc1csc(-c2cc3ccc(N4CCCN(C)CC4)cc3oc2=O)n1. The lowest BCUT2D eigenvalue weighted by molar-refractivity contribution is 0.360. The minimum absolute atomic E-state index is 0.324. The maximum atomic E-state index is 12.4. The second-order valence-electron chi connectivity index (χ2n) is 6.61. The number of likely N-dealkylation sites (N-methyl/N-ethyl adjacent to an activating group) is 1. The fourth-order valence-corrected chi connectivity index (χ4v) is 4.03. The quantitative estimate of drug-likeness (QED) is 0.660. The van der Waals surface area contributed by atoms with Crippen LogP contribution in [-0.4, -0.2) is 43.1 Å². The first-order valence-corrected chi connectivity index (χ1v) is 9.42. The van der Waals surface area contributed by atoms with Crippen LogP contribution in [0, 0.1) is 6.92 Å². The number of fused-ring (bicyclic) bond motifs is 1. The molecule has 25 heavy (non-hydrogen) atoms. The predicted octanol–water partition coefficient (Wildman–Crippen LogP) is 3.37. The number of aryl methyl sites for hydroxylation is 1. The van der Waals surface area contributed by atoms with E-state index in [2.05, 4.69) is 27.9 Å². The lowest BCUT2D eigenvalue weighted by Gasteiger charge is -2.22. The van der Waals surface area contributed by atoms with Gasteiger partial charge in [0.05, 0.1) is 5.56 Å². The summed E-state index contributed by atoms with van der Waals surface area (Å²) in [5.74, 6) is 0. The van der Waals surface area contributed by atoms with Gasteiger partial charge in [-0.2, -0.15) is 0 Å². The largest absolute Gasteiger partial charge is 0.422 e. The van der Waals surface area contributed by atoms with E-state index in [1.54, 1.807) is 0 Å². The molecule has 0 amide bonds. The van der Waals surface area contributed by atoms with Gasteiger partial charge in [0.25, 0.3) is 0 Å². The van der Waals surface area contributed by atoms with E-state index in [1.807, 2.05) is 30.5 Å². The smallest absolute Gasteiger partial charge is 0.346 e. The molecule has 0 atom stereocenters. The minimum atomic E-state index is -0.324. The van der Waals surface area contributed by atoms with Gasteiger partial charge >= 0.3 is 5.63 Å². The predicted molar refractivity (Wildman–Crippen MR) is 103 cm³/mol. The van der Waals surface area contributed by atoms with E-state index < -0.39 is 0 Å². The van der Waals surface area contributed by atoms with Gasteiger partial charge in [0.2, 0.25) is 0 Å². The molecule has 1 saturated heterocycles. The number of benzene rings is 1. The first kappa shape index (κ1) is 16.3. The molecule has 1 aliphatic rings. The molecular weight excluding hydrogens is 334 g/mol. The zero-order chi connectivity index (χ0) is 17.4. The Morgan fingerprint density at radius 2 is 2.04 bits per heavy atom. The third kappa shape index (κ3) is 3.32. The monoisotopic (exact) mass is 355 g/mol. The minimum Gasteiger partial charge on any atom is -0.422 e. The number of hydrogen-bond donors (Lipinski definition) is 0. The van der Waals surface area contributed by atoms with Crippen LogP contribution in [0.5, 0.6) is 0 Å². The summed E-state index contributed by atoms with van der Waals surface area (Å²) in [6.45, 7) is 6.10. The van der Waals surface area contributed by atoms with Crippen LogP contribution >= 0.6 is 11.3 Å². The Labute approximate surface area is 150 Å². The molecule has 0 unspecified atom stereocenters. The van der Waals surface area contributed by atoms with Crippen LogP contribution in [0.15, 0.2) is 38.9 Å².